The Bertz CT molecular complexity index is 595. The first-order chi connectivity index (χ1) is 11.2. The van der Waals surface area contributed by atoms with E-state index < -0.39 is 0 Å². The summed E-state index contributed by atoms with van der Waals surface area (Å²) in [4.78, 5) is 26.3. The molecule has 1 aromatic rings. The number of benzene rings is 1. The summed E-state index contributed by atoms with van der Waals surface area (Å²) >= 11 is 0. The summed E-state index contributed by atoms with van der Waals surface area (Å²) in [6, 6.07) is 8.21. The van der Waals surface area contributed by atoms with Crippen molar-refractivity contribution in [2.45, 2.75) is 45.3 Å². The molecule has 2 heterocycles. The standard InChI is InChI=1S/C19H24N2O2/c1-2-14(11-18(22)17-9-10-20-17)7-8-19(23)21-12-15-5-3-4-6-16(15)13-21/h3-8,14,17,20H,2,9-13H2,1H3/b8-7+/t14-,17-/m0/s1. The summed E-state index contributed by atoms with van der Waals surface area (Å²) in [5, 5.41) is 3.15. The van der Waals surface area contributed by atoms with Gasteiger partial charge in [-0.05, 0) is 42.5 Å². The topological polar surface area (TPSA) is 49.4 Å². The molecule has 1 fully saturated rings. The zero-order valence-corrected chi connectivity index (χ0v) is 13.6. The lowest BCUT2D eigenvalue weighted by atomic mass is 9.92. The number of carbonyl (C=O) groups excluding carboxylic acids is 2. The van der Waals surface area contributed by atoms with Crippen LogP contribution in [-0.2, 0) is 22.7 Å². The monoisotopic (exact) mass is 312 g/mol. The Morgan fingerprint density at radius 3 is 2.48 bits per heavy atom. The largest absolute Gasteiger partial charge is 0.330 e. The van der Waals surface area contributed by atoms with E-state index in [0.717, 1.165) is 19.4 Å². The minimum Gasteiger partial charge on any atom is -0.330 e. The van der Waals surface area contributed by atoms with Gasteiger partial charge < -0.3 is 10.2 Å². The number of rotatable bonds is 6. The minimum atomic E-state index is 0.0360. The maximum Gasteiger partial charge on any atom is 0.246 e. The van der Waals surface area contributed by atoms with Gasteiger partial charge in [0, 0.05) is 19.5 Å². The smallest absolute Gasteiger partial charge is 0.246 e. The molecule has 0 aromatic heterocycles. The Morgan fingerprint density at radius 1 is 1.30 bits per heavy atom. The highest BCUT2D eigenvalue weighted by Gasteiger charge is 2.26. The second-order valence-electron chi connectivity index (χ2n) is 6.46. The first-order valence-electron chi connectivity index (χ1n) is 8.47. The van der Waals surface area contributed by atoms with Gasteiger partial charge in [0.2, 0.25) is 5.91 Å². The summed E-state index contributed by atoms with van der Waals surface area (Å²) in [5.41, 5.74) is 2.46. The number of carbonyl (C=O) groups is 2. The van der Waals surface area contributed by atoms with Crippen molar-refractivity contribution < 1.29 is 9.59 Å². The number of hydrogen-bond acceptors (Lipinski definition) is 3. The van der Waals surface area contributed by atoms with Crippen LogP contribution in [0.25, 0.3) is 0 Å². The summed E-state index contributed by atoms with van der Waals surface area (Å²) in [5.74, 6) is 0.460. The van der Waals surface area contributed by atoms with Crippen molar-refractivity contribution in [2.75, 3.05) is 6.54 Å². The molecule has 0 unspecified atom stereocenters. The maximum absolute atomic E-state index is 12.4. The number of Topliss-reactive ketones (excluding diaryl/α,β-unsaturated/α-hetero) is 1. The molecule has 122 valence electrons. The van der Waals surface area contributed by atoms with Crippen molar-refractivity contribution >= 4 is 11.7 Å². The van der Waals surface area contributed by atoms with Crippen molar-refractivity contribution in [3.05, 3.63) is 47.5 Å². The van der Waals surface area contributed by atoms with Crippen molar-refractivity contribution in [2.24, 2.45) is 5.92 Å². The molecule has 0 saturated carbocycles. The number of allylic oxidation sites excluding steroid dienone is 1. The molecular formula is C19H24N2O2. The third-order valence-electron chi connectivity index (χ3n) is 4.86. The van der Waals surface area contributed by atoms with Crippen LogP contribution in [0.5, 0.6) is 0 Å². The predicted octanol–water partition coefficient (Wildman–Crippen LogP) is 2.43. The lowest BCUT2D eigenvalue weighted by Gasteiger charge is -2.27. The molecule has 0 bridgehead atoms. The molecule has 1 amide bonds. The normalized spacial score (nSPS) is 21.1. The van der Waals surface area contributed by atoms with Gasteiger partial charge in [-0.15, -0.1) is 0 Å². The molecule has 2 aliphatic heterocycles. The molecular weight excluding hydrogens is 288 g/mol. The highest BCUT2D eigenvalue weighted by molar-refractivity contribution is 5.88. The second kappa shape index (κ2) is 7.09. The summed E-state index contributed by atoms with van der Waals surface area (Å²) in [6.07, 6.45) is 5.92. The highest BCUT2D eigenvalue weighted by Crippen LogP contribution is 2.23. The molecule has 3 rings (SSSR count). The average Bonchev–Trinajstić information content (AvgIpc) is 2.93. The number of ketones is 1. The maximum atomic E-state index is 12.4. The second-order valence-corrected chi connectivity index (χ2v) is 6.46. The zero-order valence-electron chi connectivity index (χ0n) is 13.6. The molecule has 1 aromatic carbocycles. The van der Waals surface area contributed by atoms with Gasteiger partial charge in [0.25, 0.3) is 0 Å². The predicted molar refractivity (Wildman–Crippen MR) is 89.6 cm³/mol. The molecule has 2 atom stereocenters. The summed E-state index contributed by atoms with van der Waals surface area (Å²) < 4.78 is 0. The zero-order chi connectivity index (χ0) is 16.2. The molecule has 4 nitrogen and oxygen atoms in total. The van der Waals surface area contributed by atoms with Crippen molar-refractivity contribution in [3.63, 3.8) is 0 Å². The van der Waals surface area contributed by atoms with Gasteiger partial charge in [0.05, 0.1) is 6.04 Å². The fourth-order valence-electron chi connectivity index (χ4n) is 3.13. The quantitative estimate of drug-likeness (QED) is 0.821. The lowest BCUT2D eigenvalue weighted by Crippen LogP contribution is -2.48. The SMILES string of the molecule is CC[C@@H](/C=C/C(=O)N1Cc2ccccc2C1)CC(=O)[C@@H]1CCN1. The Balaban J connectivity index is 1.54. The van der Waals surface area contributed by atoms with Gasteiger partial charge in [0.15, 0.2) is 0 Å². The van der Waals surface area contributed by atoms with Crippen LogP contribution in [0.2, 0.25) is 0 Å². The highest BCUT2D eigenvalue weighted by atomic mass is 16.2. The third-order valence-corrected chi connectivity index (χ3v) is 4.86. The molecule has 1 saturated heterocycles. The third kappa shape index (κ3) is 3.70. The van der Waals surface area contributed by atoms with Gasteiger partial charge in [0.1, 0.15) is 5.78 Å². The molecule has 23 heavy (non-hydrogen) atoms. The van der Waals surface area contributed by atoms with Gasteiger partial charge in [-0.1, -0.05) is 37.3 Å². The number of amides is 1. The fourth-order valence-corrected chi connectivity index (χ4v) is 3.13. The van der Waals surface area contributed by atoms with E-state index in [2.05, 4.69) is 24.4 Å². The van der Waals surface area contributed by atoms with E-state index >= 15 is 0 Å². The summed E-state index contributed by atoms with van der Waals surface area (Å²) in [7, 11) is 0. The minimum absolute atomic E-state index is 0.0360. The van der Waals surface area contributed by atoms with Crippen LogP contribution in [0, 0.1) is 5.92 Å². The number of nitrogens with one attached hydrogen (secondary N) is 1. The average molecular weight is 312 g/mol. The number of fused-ring (bicyclic) bond motifs is 1. The van der Waals surface area contributed by atoms with Crippen molar-refractivity contribution in [1.82, 2.24) is 10.2 Å². The van der Waals surface area contributed by atoms with Crippen LogP contribution in [0.4, 0.5) is 0 Å². The first-order valence-corrected chi connectivity index (χ1v) is 8.47. The Hall–Kier alpha value is -1.94. The van der Waals surface area contributed by atoms with E-state index in [1.54, 1.807) is 6.08 Å². The van der Waals surface area contributed by atoms with E-state index in [-0.39, 0.29) is 23.7 Å². The Labute approximate surface area is 137 Å². The fraction of sp³-hybridized carbons (Fsp3) is 0.474. The number of hydrogen-bond donors (Lipinski definition) is 1. The molecule has 4 heteroatoms. The van der Waals surface area contributed by atoms with E-state index in [1.807, 2.05) is 23.1 Å². The van der Waals surface area contributed by atoms with Gasteiger partial charge in [-0.3, -0.25) is 9.59 Å². The Morgan fingerprint density at radius 2 is 1.96 bits per heavy atom. The summed E-state index contributed by atoms with van der Waals surface area (Å²) in [6.45, 7) is 4.37. The first kappa shape index (κ1) is 15.9. The van der Waals surface area contributed by atoms with Crippen LogP contribution in [0.3, 0.4) is 0 Å². The van der Waals surface area contributed by atoms with Crippen LogP contribution < -0.4 is 5.32 Å². The van der Waals surface area contributed by atoms with E-state index in [4.69, 9.17) is 0 Å². The van der Waals surface area contributed by atoms with E-state index in [1.165, 1.54) is 11.1 Å². The van der Waals surface area contributed by atoms with Gasteiger partial charge >= 0.3 is 0 Å². The van der Waals surface area contributed by atoms with Crippen molar-refractivity contribution in [3.8, 4) is 0 Å². The Kier molecular flexibility index (Phi) is 4.91. The molecule has 0 aliphatic carbocycles. The van der Waals surface area contributed by atoms with Gasteiger partial charge in [-0.2, -0.15) is 0 Å². The van der Waals surface area contributed by atoms with Crippen LogP contribution in [0.1, 0.15) is 37.3 Å². The number of nitrogens with zero attached hydrogens (tertiary/aromatic N) is 1. The van der Waals surface area contributed by atoms with Crippen LogP contribution in [-0.4, -0.2) is 29.2 Å². The molecule has 0 radical (unpaired) electrons. The van der Waals surface area contributed by atoms with Crippen LogP contribution >= 0.6 is 0 Å². The van der Waals surface area contributed by atoms with E-state index in [9.17, 15) is 9.59 Å². The molecule has 2 aliphatic rings. The van der Waals surface area contributed by atoms with Crippen molar-refractivity contribution in [1.29, 1.82) is 0 Å². The van der Waals surface area contributed by atoms with Gasteiger partial charge in [-0.25, -0.2) is 0 Å². The molecule has 0 spiro atoms. The van der Waals surface area contributed by atoms with E-state index in [0.29, 0.717) is 19.5 Å². The lowest BCUT2D eigenvalue weighted by molar-refractivity contribution is -0.127. The van der Waals surface area contributed by atoms with Crippen LogP contribution in [0.15, 0.2) is 36.4 Å². The molecule has 1 N–H and O–H groups in total.